The number of amides is 1. The van der Waals surface area contributed by atoms with E-state index >= 15 is 0 Å². The van der Waals surface area contributed by atoms with Gasteiger partial charge in [0.1, 0.15) is 5.82 Å². The summed E-state index contributed by atoms with van der Waals surface area (Å²) in [4.78, 5) is 15.0. The number of hydrogen-bond acceptors (Lipinski definition) is 4. The molecule has 1 heterocycles. The number of piperazine rings is 1. The third-order valence-electron chi connectivity index (χ3n) is 3.81. The average Bonchev–Trinajstić information content (AvgIpc) is 2.55. The Morgan fingerprint density at radius 3 is 2.65 bits per heavy atom. The van der Waals surface area contributed by atoms with E-state index in [1.165, 1.54) is 6.07 Å². The van der Waals surface area contributed by atoms with Crippen molar-refractivity contribution in [1.82, 2.24) is 4.90 Å². The quantitative estimate of drug-likeness (QED) is 0.734. The van der Waals surface area contributed by atoms with E-state index in [2.05, 4.69) is 21.2 Å². The Balaban J connectivity index is 2.06. The molecule has 23 heavy (non-hydrogen) atoms. The van der Waals surface area contributed by atoms with E-state index < -0.39 is 6.10 Å². The van der Waals surface area contributed by atoms with Crippen LogP contribution < -0.4 is 10.2 Å². The molecule has 1 aliphatic rings. The largest absolute Gasteiger partial charge is 0.390 e. The van der Waals surface area contributed by atoms with Gasteiger partial charge >= 0.3 is 0 Å². The highest BCUT2D eigenvalue weighted by Crippen LogP contribution is 2.31. The lowest BCUT2D eigenvalue weighted by molar-refractivity contribution is -0.129. The highest BCUT2D eigenvalue weighted by atomic mass is 79.9. The Labute approximate surface area is 148 Å². The lowest BCUT2D eigenvalue weighted by Gasteiger charge is -2.36. The highest BCUT2D eigenvalue weighted by Gasteiger charge is 2.22. The van der Waals surface area contributed by atoms with Crippen LogP contribution in [-0.4, -0.2) is 60.6 Å². The number of halogens is 3. The molecule has 1 saturated heterocycles. The van der Waals surface area contributed by atoms with Crippen LogP contribution in [0.2, 0.25) is 0 Å². The number of aliphatic hydroxyl groups is 1. The molecular formula is C15H20BrClFN3O2. The fourth-order valence-corrected chi connectivity index (χ4v) is 3.04. The third-order valence-corrected chi connectivity index (χ3v) is 4.82. The van der Waals surface area contributed by atoms with Crippen molar-refractivity contribution in [3.05, 3.63) is 22.4 Å². The van der Waals surface area contributed by atoms with Gasteiger partial charge in [0.2, 0.25) is 5.91 Å². The molecule has 0 saturated carbocycles. The zero-order chi connectivity index (χ0) is 17.0. The van der Waals surface area contributed by atoms with Crippen LogP contribution in [-0.2, 0) is 4.79 Å². The first kappa shape index (κ1) is 18.3. The molecule has 0 spiro atoms. The number of carbonyl (C=O) groups is 1. The zero-order valence-electron chi connectivity index (χ0n) is 12.9. The van der Waals surface area contributed by atoms with Crippen molar-refractivity contribution in [3.63, 3.8) is 0 Å². The van der Waals surface area contributed by atoms with Crippen molar-refractivity contribution in [2.45, 2.75) is 13.0 Å². The molecule has 5 nitrogen and oxygen atoms in total. The van der Waals surface area contributed by atoms with Gasteiger partial charge in [0.15, 0.2) is 0 Å². The Bertz CT molecular complexity index is 568. The summed E-state index contributed by atoms with van der Waals surface area (Å²) in [6, 6.07) is 3.12. The average molecular weight is 409 g/mol. The molecule has 1 unspecified atom stereocenters. The second-order valence-corrected chi connectivity index (χ2v) is 6.63. The third kappa shape index (κ3) is 4.71. The van der Waals surface area contributed by atoms with Crippen LogP contribution in [0.5, 0.6) is 0 Å². The molecule has 1 atom stereocenters. The van der Waals surface area contributed by atoms with Crippen LogP contribution in [0.3, 0.4) is 0 Å². The number of benzene rings is 1. The molecule has 1 aliphatic heterocycles. The molecule has 1 aromatic carbocycles. The highest BCUT2D eigenvalue weighted by molar-refractivity contribution is 9.10. The number of alkyl halides is 1. The van der Waals surface area contributed by atoms with Gasteiger partial charge in [-0.2, -0.15) is 0 Å². The molecule has 1 amide bonds. The van der Waals surface area contributed by atoms with Gasteiger partial charge < -0.3 is 20.2 Å². The van der Waals surface area contributed by atoms with E-state index in [4.69, 9.17) is 11.6 Å². The van der Waals surface area contributed by atoms with E-state index in [0.29, 0.717) is 42.0 Å². The van der Waals surface area contributed by atoms with E-state index in [0.717, 1.165) is 0 Å². The van der Waals surface area contributed by atoms with Gasteiger partial charge in [-0.1, -0.05) is 0 Å². The molecule has 1 aromatic rings. The predicted molar refractivity (Wildman–Crippen MR) is 93.8 cm³/mol. The molecule has 8 heteroatoms. The molecule has 2 rings (SSSR count). The number of carbonyl (C=O) groups excluding carboxylic acids is 1. The minimum Gasteiger partial charge on any atom is -0.390 e. The second-order valence-electron chi connectivity index (χ2n) is 5.47. The summed E-state index contributed by atoms with van der Waals surface area (Å²) in [5, 5.41) is 12.4. The Morgan fingerprint density at radius 1 is 1.43 bits per heavy atom. The van der Waals surface area contributed by atoms with Gasteiger partial charge in [0, 0.05) is 50.2 Å². The van der Waals surface area contributed by atoms with E-state index in [1.54, 1.807) is 17.9 Å². The number of nitrogens with one attached hydrogen (secondary N) is 1. The minimum atomic E-state index is -0.689. The lowest BCUT2D eigenvalue weighted by Crippen LogP contribution is -2.48. The van der Waals surface area contributed by atoms with Crippen LogP contribution in [0, 0.1) is 5.82 Å². The van der Waals surface area contributed by atoms with Gasteiger partial charge in [-0.25, -0.2) is 4.39 Å². The lowest BCUT2D eigenvalue weighted by atomic mass is 10.2. The van der Waals surface area contributed by atoms with E-state index in [1.807, 2.05) is 4.90 Å². The van der Waals surface area contributed by atoms with Crippen LogP contribution in [0.15, 0.2) is 16.6 Å². The smallest absolute Gasteiger partial charge is 0.219 e. The van der Waals surface area contributed by atoms with E-state index in [9.17, 15) is 14.3 Å². The maximum Gasteiger partial charge on any atom is 0.219 e. The van der Waals surface area contributed by atoms with Gasteiger partial charge in [0.05, 0.1) is 23.4 Å². The van der Waals surface area contributed by atoms with Crippen molar-refractivity contribution in [2.75, 3.05) is 48.8 Å². The van der Waals surface area contributed by atoms with Gasteiger partial charge in [0.25, 0.3) is 0 Å². The summed E-state index contributed by atoms with van der Waals surface area (Å²) in [5.41, 5.74) is 1.07. The van der Waals surface area contributed by atoms with Crippen molar-refractivity contribution < 1.29 is 14.3 Å². The molecule has 0 bridgehead atoms. The Morgan fingerprint density at radius 2 is 2.09 bits per heavy atom. The van der Waals surface area contributed by atoms with Crippen molar-refractivity contribution in [1.29, 1.82) is 0 Å². The van der Waals surface area contributed by atoms with Crippen LogP contribution >= 0.6 is 27.5 Å². The number of aliphatic hydroxyl groups excluding tert-OH is 1. The van der Waals surface area contributed by atoms with Gasteiger partial charge in [-0.05, 0) is 22.0 Å². The number of nitrogens with zero attached hydrogens (tertiary/aromatic N) is 2. The predicted octanol–water partition coefficient (Wildman–Crippen LogP) is 2.27. The molecule has 0 aliphatic carbocycles. The van der Waals surface area contributed by atoms with Crippen LogP contribution in [0.1, 0.15) is 6.92 Å². The maximum atomic E-state index is 14.4. The first-order valence-electron chi connectivity index (χ1n) is 7.39. The topological polar surface area (TPSA) is 55.8 Å². The first-order valence-corrected chi connectivity index (χ1v) is 8.72. The first-order chi connectivity index (χ1) is 10.9. The molecule has 2 N–H and O–H groups in total. The van der Waals surface area contributed by atoms with Crippen molar-refractivity contribution in [3.8, 4) is 0 Å². The Hall–Kier alpha value is -1.05. The number of rotatable bonds is 5. The Kier molecular flexibility index (Phi) is 6.50. The standard InChI is InChI=1S/C15H20BrClFN3O2/c1-10(22)20-2-4-21(5-3-20)15-6-12(16)14(7-13(15)18)19-9-11(23)8-17/h6-7,11,19,23H,2-5,8-9H2,1H3. The van der Waals surface area contributed by atoms with Crippen LogP contribution in [0.25, 0.3) is 0 Å². The van der Waals surface area contributed by atoms with Crippen molar-refractivity contribution >= 4 is 44.8 Å². The summed E-state index contributed by atoms with van der Waals surface area (Å²) in [5.74, 6) is -0.179. The summed E-state index contributed by atoms with van der Waals surface area (Å²) in [7, 11) is 0. The van der Waals surface area contributed by atoms with Gasteiger partial charge in [-0.3, -0.25) is 4.79 Å². The van der Waals surface area contributed by atoms with Crippen molar-refractivity contribution in [2.24, 2.45) is 0 Å². The molecular weight excluding hydrogens is 389 g/mol. The monoisotopic (exact) mass is 407 g/mol. The summed E-state index contributed by atoms with van der Waals surface area (Å²) < 4.78 is 15.1. The summed E-state index contributed by atoms with van der Waals surface area (Å²) in [6.45, 7) is 4.17. The number of hydrogen-bond donors (Lipinski definition) is 2. The maximum absolute atomic E-state index is 14.4. The van der Waals surface area contributed by atoms with Crippen LogP contribution in [0.4, 0.5) is 15.8 Å². The summed E-state index contributed by atoms with van der Waals surface area (Å²) >= 11 is 8.96. The molecule has 0 radical (unpaired) electrons. The molecule has 1 fully saturated rings. The molecule has 128 valence electrons. The normalized spacial score (nSPS) is 16.4. The SMILES string of the molecule is CC(=O)N1CCN(c2cc(Br)c(NCC(O)CCl)cc2F)CC1. The minimum absolute atomic E-state index is 0.0451. The zero-order valence-corrected chi connectivity index (χ0v) is 15.2. The number of anilines is 2. The fraction of sp³-hybridized carbons (Fsp3) is 0.533. The van der Waals surface area contributed by atoms with E-state index in [-0.39, 0.29) is 24.1 Å². The fourth-order valence-electron chi connectivity index (χ4n) is 2.46. The second kappa shape index (κ2) is 8.17. The van der Waals surface area contributed by atoms with Gasteiger partial charge in [-0.15, -0.1) is 11.6 Å². The molecule has 0 aromatic heterocycles. The summed E-state index contributed by atoms with van der Waals surface area (Å²) in [6.07, 6.45) is -0.689.